The summed E-state index contributed by atoms with van der Waals surface area (Å²) >= 11 is 12.7. The molecule has 0 amide bonds. The molecule has 0 aliphatic carbocycles. The van der Waals surface area contributed by atoms with Gasteiger partial charge < -0.3 is 14.9 Å². The van der Waals surface area contributed by atoms with E-state index in [2.05, 4.69) is 0 Å². The Kier molecular flexibility index (Phi) is 7.86. The molecule has 5 nitrogen and oxygen atoms in total. The third kappa shape index (κ3) is 5.63. The first-order valence-electron chi connectivity index (χ1n) is 11.6. The molecule has 2 unspecified atom stereocenters. The highest BCUT2D eigenvalue weighted by Gasteiger charge is 2.26. The van der Waals surface area contributed by atoms with Crippen LogP contribution in [0.1, 0.15) is 68.7 Å². The Bertz CT molecular complexity index is 1450. The summed E-state index contributed by atoms with van der Waals surface area (Å²) in [6.07, 6.45) is 0. The fraction of sp³-hybridized carbons (Fsp3) is 0.133. The van der Waals surface area contributed by atoms with Gasteiger partial charge in [-0.25, -0.2) is 9.59 Å². The highest BCUT2D eigenvalue weighted by molar-refractivity contribution is 6.33. The Morgan fingerprint density at radius 3 is 1.89 bits per heavy atom. The molecule has 7 heteroatoms. The summed E-state index contributed by atoms with van der Waals surface area (Å²) in [5, 5.41) is 21.0. The van der Waals surface area contributed by atoms with E-state index < -0.39 is 11.9 Å². The van der Waals surface area contributed by atoms with Gasteiger partial charge in [0.15, 0.2) is 5.75 Å². The number of aromatic carboxylic acids is 1. The van der Waals surface area contributed by atoms with E-state index in [1.54, 1.807) is 12.1 Å². The van der Waals surface area contributed by atoms with Crippen molar-refractivity contribution in [2.75, 3.05) is 0 Å². The zero-order valence-electron chi connectivity index (χ0n) is 20.1. The number of halogens is 2. The molecule has 2 N–H and O–H groups in total. The molecule has 0 aliphatic rings. The van der Waals surface area contributed by atoms with Crippen molar-refractivity contribution in [3.63, 3.8) is 0 Å². The molecule has 4 aromatic carbocycles. The molecule has 0 aliphatic heterocycles. The van der Waals surface area contributed by atoms with Gasteiger partial charge in [-0.1, -0.05) is 97.7 Å². The summed E-state index contributed by atoms with van der Waals surface area (Å²) in [6.45, 7) is 3.81. The molecule has 37 heavy (non-hydrogen) atoms. The van der Waals surface area contributed by atoms with Crippen LogP contribution in [0, 0.1) is 0 Å². The molecular formula is C30H24Cl2O5. The molecule has 0 spiro atoms. The molecule has 0 fully saturated rings. The van der Waals surface area contributed by atoms with Crippen molar-refractivity contribution in [1.29, 1.82) is 0 Å². The van der Waals surface area contributed by atoms with Crippen LogP contribution < -0.4 is 4.74 Å². The summed E-state index contributed by atoms with van der Waals surface area (Å²) < 4.78 is 5.47. The molecular weight excluding hydrogens is 511 g/mol. The third-order valence-electron chi connectivity index (χ3n) is 6.38. The minimum absolute atomic E-state index is 0.0366. The van der Waals surface area contributed by atoms with Crippen LogP contribution in [-0.2, 0) is 0 Å². The number of aromatic hydroxyl groups is 1. The Hall–Kier alpha value is -3.80. The monoisotopic (exact) mass is 534 g/mol. The average molecular weight is 535 g/mol. The predicted molar refractivity (Wildman–Crippen MR) is 144 cm³/mol. The van der Waals surface area contributed by atoms with Gasteiger partial charge in [-0.15, -0.1) is 0 Å². The molecule has 0 radical (unpaired) electrons. The number of benzene rings is 4. The van der Waals surface area contributed by atoms with E-state index >= 15 is 0 Å². The summed E-state index contributed by atoms with van der Waals surface area (Å²) in [4.78, 5) is 25.3. The Morgan fingerprint density at radius 2 is 1.32 bits per heavy atom. The number of rotatable bonds is 7. The van der Waals surface area contributed by atoms with Crippen LogP contribution in [0.15, 0.2) is 84.9 Å². The van der Waals surface area contributed by atoms with Gasteiger partial charge in [0.05, 0.1) is 5.02 Å². The maximum atomic E-state index is 13.2. The number of ether oxygens (including phenoxy) is 1. The van der Waals surface area contributed by atoms with E-state index in [0.717, 1.165) is 11.1 Å². The van der Waals surface area contributed by atoms with Crippen LogP contribution in [0.25, 0.3) is 0 Å². The van der Waals surface area contributed by atoms with E-state index in [4.69, 9.17) is 27.9 Å². The second-order valence-electron chi connectivity index (χ2n) is 8.73. The van der Waals surface area contributed by atoms with Gasteiger partial charge in [0.25, 0.3) is 0 Å². The van der Waals surface area contributed by atoms with Crippen LogP contribution in [0.5, 0.6) is 11.5 Å². The van der Waals surface area contributed by atoms with Crippen molar-refractivity contribution in [1.82, 2.24) is 0 Å². The largest absolute Gasteiger partial charge is 0.507 e. The van der Waals surface area contributed by atoms with Crippen LogP contribution in [0.3, 0.4) is 0 Å². The first-order valence-corrected chi connectivity index (χ1v) is 12.3. The molecule has 0 bridgehead atoms. The number of esters is 1. The van der Waals surface area contributed by atoms with E-state index in [1.165, 1.54) is 12.1 Å². The summed E-state index contributed by atoms with van der Waals surface area (Å²) in [5.74, 6) is -3.31. The van der Waals surface area contributed by atoms with Crippen molar-refractivity contribution in [2.45, 2.75) is 25.7 Å². The fourth-order valence-electron chi connectivity index (χ4n) is 4.24. The fourth-order valence-corrected chi connectivity index (χ4v) is 4.73. The number of phenolic OH excluding ortho intramolecular Hbond substituents is 1. The van der Waals surface area contributed by atoms with Gasteiger partial charge in [-0.2, -0.15) is 0 Å². The predicted octanol–water partition coefficient (Wildman–Crippen LogP) is 7.92. The van der Waals surface area contributed by atoms with E-state index in [1.807, 2.05) is 74.5 Å². The second kappa shape index (κ2) is 11.1. The van der Waals surface area contributed by atoms with Crippen LogP contribution in [-0.4, -0.2) is 22.2 Å². The minimum atomic E-state index is -1.31. The van der Waals surface area contributed by atoms with Gasteiger partial charge in [0.1, 0.15) is 16.9 Å². The number of hydrogen-bond donors (Lipinski definition) is 2. The van der Waals surface area contributed by atoms with Gasteiger partial charge in [-0.3, -0.25) is 0 Å². The molecule has 0 saturated carbocycles. The number of carbonyl (C=O) groups excluding carboxylic acids is 1. The highest BCUT2D eigenvalue weighted by Crippen LogP contribution is 2.39. The lowest BCUT2D eigenvalue weighted by Gasteiger charge is -2.18. The lowest BCUT2D eigenvalue weighted by atomic mass is 9.91. The first-order chi connectivity index (χ1) is 17.7. The molecule has 2 atom stereocenters. The van der Waals surface area contributed by atoms with Gasteiger partial charge in [0.2, 0.25) is 0 Å². The number of hydrogen-bond acceptors (Lipinski definition) is 4. The first kappa shape index (κ1) is 26.3. The topological polar surface area (TPSA) is 83.8 Å². The van der Waals surface area contributed by atoms with Crippen LogP contribution >= 0.6 is 23.2 Å². The van der Waals surface area contributed by atoms with Crippen molar-refractivity contribution in [2.24, 2.45) is 0 Å². The van der Waals surface area contributed by atoms with Gasteiger partial charge in [-0.05, 0) is 41.0 Å². The molecule has 188 valence electrons. The van der Waals surface area contributed by atoms with Crippen LogP contribution in [0.4, 0.5) is 0 Å². The van der Waals surface area contributed by atoms with Crippen molar-refractivity contribution in [3.05, 3.63) is 128 Å². The standard InChI is InChI=1S/C30H24Cl2O5/c1-17(19-9-5-3-6-10-19)21-13-25(29(34)35)28(26(32)14-21)37-30(36)24-16-22(31)15-23(27(24)33)18(2)20-11-7-4-8-12-20/h3-18,33H,1-2H3,(H,34,35). The van der Waals surface area contributed by atoms with Crippen molar-refractivity contribution >= 4 is 35.1 Å². The number of phenols is 1. The lowest BCUT2D eigenvalue weighted by molar-refractivity contribution is 0.0680. The zero-order chi connectivity index (χ0) is 26.7. The van der Waals surface area contributed by atoms with Crippen molar-refractivity contribution < 1.29 is 24.5 Å². The maximum Gasteiger partial charge on any atom is 0.347 e. The molecule has 0 aromatic heterocycles. The van der Waals surface area contributed by atoms with E-state index in [9.17, 15) is 19.8 Å². The second-order valence-corrected chi connectivity index (χ2v) is 9.57. The summed E-state index contributed by atoms with van der Waals surface area (Å²) in [5.41, 5.74) is 2.51. The summed E-state index contributed by atoms with van der Waals surface area (Å²) in [7, 11) is 0. The van der Waals surface area contributed by atoms with Gasteiger partial charge in [0, 0.05) is 22.4 Å². The zero-order valence-corrected chi connectivity index (χ0v) is 21.6. The van der Waals surface area contributed by atoms with E-state index in [0.29, 0.717) is 11.1 Å². The third-order valence-corrected chi connectivity index (χ3v) is 6.88. The smallest absolute Gasteiger partial charge is 0.347 e. The molecule has 4 aromatic rings. The number of carboxylic acids is 1. The minimum Gasteiger partial charge on any atom is -0.507 e. The lowest BCUT2D eigenvalue weighted by Crippen LogP contribution is -2.14. The van der Waals surface area contributed by atoms with Crippen molar-refractivity contribution in [3.8, 4) is 11.5 Å². The number of carboxylic acid groups (broad SMARTS) is 1. The molecule has 0 saturated heterocycles. The SMILES string of the molecule is CC(c1ccccc1)c1cc(Cl)c(OC(=O)c2cc(Cl)cc(C(C)c3ccccc3)c2O)c(C(=O)O)c1. The Labute approximate surface area is 224 Å². The van der Waals surface area contributed by atoms with Gasteiger partial charge >= 0.3 is 11.9 Å². The maximum absolute atomic E-state index is 13.2. The molecule has 4 rings (SSSR count). The number of carbonyl (C=O) groups is 2. The average Bonchev–Trinajstić information content (AvgIpc) is 2.90. The Morgan fingerprint density at radius 1 is 0.757 bits per heavy atom. The molecule has 0 heterocycles. The van der Waals surface area contributed by atoms with E-state index in [-0.39, 0.29) is 44.5 Å². The summed E-state index contributed by atoms with van der Waals surface area (Å²) in [6, 6.07) is 24.9. The normalized spacial score (nSPS) is 12.5. The Balaban J connectivity index is 1.70. The quantitative estimate of drug-likeness (QED) is 0.186. The highest BCUT2D eigenvalue weighted by atomic mass is 35.5. The van der Waals surface area contributed by atoms with Crippen LogP contribution in [0.2, 0.25) is 10.0 Å².